The van der Waals surface area contributed by atoms with Gasteiger partial charge >= 0.3 is 0 Å². The molecule has 0 aromatic carbocycles. The molecule has 1 unspecified atom stereocenters. The normalized spacial score (nSPS) is 23.1. The Bertz CT molecular complexity index is 206. The highest BCUT2D eigenvalue weighted by molar-refractivity contribution is 5.39. The molecule has 0 nitrogen and oxygen atoms in total. The molecule has 0 heterocycles. The van der Waals surface area contributed by atoms with E-state index in [2.05, 4.69) is 38.7 Å². The van der Waals surface area contributed by atoms with Crippen molar-refractivity contribution < 1.29 is 0 Å². The van der Waals surface area contributed by atoms with Crippen molar-refractivity contribution in [3.05, 3.63) is 36.0 Å². The maximum absolute atomic E-state index is 4.00. The largest absolute Gasteiger partial charge is 0.0953 e. The van der Waals surface area contributed by atoms with Gasteiger partial charge in [-0.25, -0.2) is 0 Å². The third kappa shape index (κ3) is 2.07. The monoisotopic (exact) mass is 148 g/mol. The Morgan fingerprint density at radius 1 is 1.73 bits per heavy atom. The summed E-state index contributed by atoms with van der Waals surface area (Å²) in [6.45, 7) is 8.38. The summed E-state index contributed by atoms with van der Waals surface area (Å²) in [7, 11) is 0. The Morgan fingerprint density at radius 2 is 2.45 bits per heavy atom. The van der Waals surface area contributed by atoms with E-state index in [1.807, 2.05) is 0 Å². The van der Waals surface area contributed by atoms with E-state index in [0.29, 0.717) is 5.92 Å². The highest BCUT2D eigenvalue weighted by Gasteiger charge is 2.04. The first-order chi connectivity index (χ1) is 5.24. The van der Waals surface area contributed by atoms with Crippen molar-refractivity contribution in [3.8, 4) is 0 Å². The van der Waals surface area contributed by atoms with Crippen molar-refractivity contribution in [3.63, 3.8) is 0 Å². The molecule has 1 rings (SSSR count). The van der Waals surface area contributed by atoms with Crippen LogP contribution in [0.4, 0.5) is 0 Å². The smallest absolute Gasteiger partial charge is 0.0224 e. The van der Waals surface area contributed by atoms with Gasteiger partial charge < -0.3 is 0 Å². The summed E-state index contributed by atoms with van der Waals surface area (Å²) in [6, 6.07) is 0. The topological polar surface area (TPSA) is 0 Å². The van der Waals surface area contributed by atoms with Crippen LogP contribution in [0.3, 0.4) is 0 Å². The Kier molecular flexibility index (Phi) is 2.70. The fourth-order valence-electron chi connectivity index (χ4n) is 1.19. The lowest BCUT2D eigenvalue weighted by molar-refractivity contribution is 0.731. The zero-order valence-electron chi connectivity index (χ0n) is 7.43. The maximum atomic E-state index is 4.00. The van der Waals surface area contributed by atoms with E-state index in [4.69, 9.17) is 0 Å². The van der Waals surface area contributed by atoms with Crippen molar-refractivity contribution in [2.75, 3.05) is 0 Å². The molecule has 0 fully saturated rings. The van der Waals surface area contributed by atoms with Crippen LogP contribution >= 0.6 is 0 Å². The summed E-state index contributed by atoms with van der Waals surface area (Å²) in [5, 5.41) is 0. The lowest BCUT2D eigenvalue weighted by atomic mass is 9.94. The summed E-state index contributed by atoms with van der Waals surface area (Å²) in [4.78, 5) is 0. The van der Waals surface area contributed by atoms with Crippen LogP contribution in [0.2, 0.25) is 0 Å². The lowest BCUT2D eigenvalue weighted by Crippen LogP contribution is -1.95. The molecule has 0 heteroatoms. The van der Waals surface area contributed by atoms with E-state index >= 15 is 0 Å². The van der Waals surface area contributed by atoms with Crippen LogP contribution in [0.5, 0.6) is 0 Å². The Balaban J connectivity index is 2.63. The minimum Gasteiger partial charge on any atom is -0.0953 e. The van der Waals surface area contributed by atoms with Crippen LogP contribution in [0.1, 0.15) is 26.7 Å². The predicted octanol–water partition coefficient (Wildman–Crippen LogP) is 3.48. The number of allylic oxidation sites excluding steroid dienone is 5. The van der Waals surface area contributed by atoms with Gasteiger partial charge in [0.2, 0.25) is 0 Å². The van der Waals surface area contributed by atoms with Gasteiger partial charge in [0.15, 0.2) is 0 Å². The molecule has 0 radical (unpaired) electrons. The average Bonchev–Trinajstić information content (AvgIpc) is 2.05. The van der Waals surface area contributed by atoms with Crippen molar-refractivity contribution in [1.82, 2.24) is 0 Å². The molecule has 0 saturated carbocycles. The van der Waals surface area contributed by atoms with E-state index < -0.39 is 0 Å². The molecule has 0 N–H and O–H groups in total. The lowest BCUT2D eigenvalue weighted by Gasteiger charge is -2.12. The van der Waals surface area contributed by atoms with Crippen molar-refractivity contribution in [2.24, 2.45) is 5.92 Å². The maximum Gasteiger partial charge on any atom is -0.0224 e. The van der Waals surface area contributed by atoms with Gasteiger partial charge in [-0.2, -0.15) is 0 Å². The van der Waals surface area contributed by atoms with Crippen LogP contribution in [-0.4, -0.2) is 0 Å². The van der Waals surface area contributed by atoms with Gasteiger partial charge in [-0.3, -0.25) is 0 Å². The SMILES string of the molecule is C=C(CC)C1=CCC(C)C=C1. The van der Waals surface area contributed by atoms with Gasteiger partial charge in [-0.05, 0) is 29.9 Å². The Labute approximate surface area is 69.3 Å². The summed E-state index contributed by atoms with van der Waals surface area (Å²) in [5.74, 6) is 0.711. The average molecular weight is 148 g/mol. The third-order valence-electron chi connectivity index (χ3n) is 2.15. The first-order valence-corrected chi connectivity index (χ1v) is 4.30. The summed E-state index contributed by atoms with van der Waals surface area (Å²) >= 11 is 0. The Hall–Kier alpha value is -0.780. The molecule has 0 spiro atoms. The molecule has 1 aliphatic carbocycles. The molecule has 0 aliphatic heterocycles. The first-order valence-electron chi connectivity index (χ1n) is 4.30. The summed E-state index contributed by atoms with van der Waals surface area (Å²) in [5.41, 5.74) is 2.60. The van der Waals surface area contributed by atoms with Crippen molar-refractivity contribution in [2.45, 2.75) is 26.7 Å². The van der Waals surface area contributed by atoms with E-state index in [1.165, 1.54) is 17.6 Å². The van der Waals surface area contributed by atoms with Gasteiger partial charge in [-0.15, -0.1) is 0 Å². The van der Waals surface area contributed by atoms with Crippen LogP contribution < -0.4 is 0 Å². The molecule has 11 heavy (non-hydrogen) atoms. The Morgan fingerprint density at radius 3 is 2.91 bits per heavy atom. The van der Waals surface area contributed by atoms with Gasteiger partial charge in [0, 0.05) is 0 Å². The van der Waals surface area contributed by atoms with Gasteiger partial charge in [0.05, 0.1) is 0 Å². The molecule has 0 aromatic heterocycles. The van der Waals surface area contributed by atoms with Crippen LogP contribution in [0.25, 0.3) is 0 Å². The standard InChI is InChI=1S/C11H16/c1-4-10(3)11-7-5-9(2)6-8-11/h5,7-9H,3-4,6H2,1-2H3. The second kappa shape index (κ2) is 3.56. The second-order valence-electron chi connectivity index (χ2n) is 3.19. The molecule has 1 atom stereocenters. The molecule has 60 valence electrons. The number of rotatable bonds is 2. The molecule has 0 aromatic rings. The number of hydrogen-bond acceptors (Lipinski definition) is 0. The zero-order chi connectivity index (χ0) is 8.27. The summed E-state index contributed by atoms with van der Waals surface area (Å²) in [6.07, 6.45) is 8.97. The summed E-state index contributed by atoms with van der Waals surface area (Å²) < 4.78 is 0. The first kappa shape index (κ1) is 8.32. The van der Waals surface area contributed by atoms with E-state index in [1.54, 1.807) is 0 Å². The molecule has 0 bridgehead atoms. The van der Waals surface area contributed by atoms with E-state index in [9.17, 15) is 0 Å². The molecule has 0 amide bonds. The van der Waals surface area contributed by atoms with Crippen LogP contribution in [-0.2, 0) is 0 Å². The molecular formula is C11H16. The highest BCUT2D eigenvalue weighted by atomic mass is 14.1. The van der Waals surface area contributed by atoms with Crippen molar-refractivity contribution in [1.29, 1.82) is 0 Å². The van der Waals surface area contributed by atoms with E-state index in [0.717, 1.165) is 6.42 Å². The molecule has 0 saturated heterocycles. The minimum absolute atomic E-state index is 0.711. The third-order valence-corrected chi connectivity index (χ3v) is 2.15. The van der Waals surface area contributed by atoms with Gasteiger partial charge in [0.1, 0.15) is 0 Å². The second-order valence-corrected chi connectivity index (χ2v) is 3.19. The van der Waals surface area contributed by atoms with Gasteiger partial charge in [0.25, 0.3) is 0 Å². The number of hydrogen-bond donors (Lipinski definition) is 0. The zero-order valence-corrected chi connectivity index (χ0v) is 7.43. The fourth-order valence-corrected chi connectivity index (χ4v) is 1.19. The predicted molar refractivity (Wildman–Crippen MR) is 50.4 cm³/mol. The highest BCUT2D eigenvalue weighted by Crippen LogP contribution is 2.21. The molecule has 1 aliphatic rings. The van der Waals surface area contributed by atoms with Crippen LogP contribution in [0.15, 0.2) is 36.0 Å². The molecular weight excluding hydrogens is 132 g/mol. The van der Waals surface area contributed by atoms with Crippen LogP contribution in [0, 0.1) is 5.92 Å². The van der Waals surface area contributed by atoms with E-state index in [-0.39, 0.29) is 0 Å². The van der Waals surface area contributed by atoms with Crippen molar-refractivity contribution >= 4 is 0 Å². The fraction of sp³-hybridized carbons (Fsp3) is 0.455. The minimum atomic E-state index is 0.711. The quantitative estimate of drug-likeness (QED) is 0.562. The van der Waals surface area contributed by atoms with Gasteiger partial charge in [-0.1, -0.05) is 38.7 Å².